The number of anilines is 2. The third-order valence-electron chi connectivity index (χ3n) is 5.11. The smallest absolute Gasteiger partial charge is 0.340 e. The van der Waals surface area contributed by atoms with Crippen LogP contribution in [-0.4, -0.2) is 44.8 Å². The maximum absolute atomic E-state index is 12.7. The van der Waals surface area contributed by atoms with Gasteiger partial charge in [-0.3, -0.25) is 4.79 Å². The topological polar surface area (TPSA) is 67.9 Å². The van der Waals surface area contributed by atoms with Gasteiger partial charge in [0.25, 0.3) is 5.91 Å². The Hall–Kier alpha value is -2.57. The molecule has 1 fully saturated rings. The van der Waals surface area contributed by atoms with Gasteiger partial charge in [-0.15, -0.1) is 12.4 Å². The Morgan fingerprint density at radius 3 is 2.29 bits per heavy atom. The molecule has 1 aliphatic rings. The summed E-state index contributed by atoms with van der Waals surface area (Å²) in [5, 5.41) is 2.89. The standard InChI is InChI=1S/C24H30N2O4.ClH/c1-5-30-23(28)20-16-19(10-11-21(20)26-12-14-29-15-13-26)25-22(27)17-6-8-18(9-7-17)24(2,3)4;/h6-11,16H,5,12-15H2,1-4H3,(H,25,27);1H. The Labute approximate surface area is 190 Å². The number of nitrogens with zero attached hydrogens (tertiary/aromatic N) is 1. The van der Waals surface area contributed by atoms with Crippen molar-refractivity contribution in [2.24, 2.45) is 0 Å². The summed E-state index contributed by atoms with van der Waals surface area (Å²) in [4.78, 5) is 27.4. The van der Waals surface area contributed by atoms with Gasteiger partial charge in [-0.1, -0.05) is 32.9 Å². The van der Waals surface area contributed by atoms with Gasteiger partial charge in [-0.05, 0) is 48.2 Å². The number of amides is 1. The second-order valence-corrected chi connectivity index (χ2v) is 8.33. The van der Waals surface area contributed by atoms with E-state index in [-0.39, 0.29) is 30.3 Å². The molecule has 6 nitrogen and oxygen atoms in total. The number of morpholine rings is 1. The molecule has 1 N–H and O–H groups in total. The first-order valence-corrected chi connectivity index (χ1v) is 10.4. The third kappa shape index (κ3) is 6.21. The van der Waals surface area contributed by atoms with Gasteiger partial charge in [-0.25, -0.2) is 4.79 Å². The fourth-order valence-electron chi connectivity index (χ4n) is 3.39. The Balaban J connectivity index is 0.00000341. The largest absolute Gasteiger partial charge is 0.462 e. The van der Waals surface area contributed by atoms with Crippen LogP contribution in [0.4, 0.5) is 11.4 Å². The monoisotopic (exact) mass is 446 g/mol. The molecule has 0 atom stereocenters. The molecule has 168 valence electrons. The fraction of sp³-hybridized carbons (Fsp3) is 0.417. The molecule has 3 rings (SSSR count). The molecule has 31 heavy (non-hydrogen) atoms. The highest BCUT2D eigenvalue weighted by atomic mass is 35.5. The molecule has 1 aliphatic heterocycles. The molecule has 1 heterocycles. The zero-order valence-electron chi connectivity index (χ0n) is 18.6. The van der Waals surface area contributed by atoms with E-state index in [1.807, 2.05) is 36.4 Å². The van der Waals surface area contributed by atoms with Crippen molar-refractivity contribution in [3.8, 4) is 0 Å². The fourth-order valence-corrected chi connectivity index (χ4v) is 3.39. The Bertz CT molecular complexity index is 901. The molecule has 7 heteroatoms. The number of carbonyl (C=O) groups is 2. The average molecular weight is 447 g/mol. The van der Waals surface area contributed by atoms with Crippen molar-refractivity contribution in [2.45, 2.75) is 33.1 Å². The van der Waals surface area contributed by atoms with E-state index in [0.29, 0.717) is 43.1 Å². The zero-order valence-corrected chi connectivity index (χ0v) is 19.4. The Morgan fingerprint density at radius 2 is 1.71 bits per heavy atom. The Morgan fingerprint density at radius 1 is 1.06 bits per heavy atom. The molecule has 0 bridgehead atoms. The quantitative estimate of drug-likeness (QED) is 0.676. The number of hydrogen-bond acceptors (Lipinski definition) is 5. The van der Waals surface area contributed by atoms with Crippen molar-refractivity contribution in [3.05, 3.63) is 59.2 Å². The summed E-state index contributed by atoms with van der Waals surface area (Å²) >= 11 is 0. The second-order valence-electron chi connectivity index (χ2n) is 8.33. The van der Waals surface area contributed by atoms with Crippen LogP contribution < -0.4 is 10.2 Å². The van der Waals surface area contributed by atoms with Crippen LogP contribution in [0, 0.1) is 0 Å². The number of halogens is 1. The maximum atomic E-state index is 12.7. The normalized spacial score (nSPS) is 13.9. The molecule has 0 saturated carbocycles. The summed E-state index contributed by atoms with van der Waals surface area (Å²) in [5.74, 6) is -0.617. The van der Waals surface area contributed by atoms with E-state index in [1.54, 1.807) is 13.0 Å². The molecule has 0 aromatic heterocycles. The lowest BCUT2D eigenvalue weighted by Crippen LogP contribution is -2.37. The van der Waals surface area contributed by atoms with Crippen LogP contribution in [0.3, 0.4) is 0 Å². The predicted octanol–water partition coefficient (Wildman–Crippen LogP) is 4.67. The minimum atomic E-state index is -0.398. The highest BCUT2D eigenvalue weighted by molar-refractivity contribution is 6.05. The van der Waals surface area contributed by atoms with Gasteiger partial charge in [-0.2, -0.15) is 0 Å². The van der Waals surface area contributed by atoms with Crippen LogP contribution in [-0.2, 0) is 14.9 Å². The molecule has 0 unspecified atom stereocenters. The minimum Gasteiger partial charge on any atom is -0.462 e. The molecule has 0 aliphatic carbocycles. The molecular formula is C24H31ClN2O4. The maximum Gasteiger partial charge on any atom is 0.340 e. The van der Waals surface area contributed by atoms with Gasteiger partial charge in [0, 0.05) is 24.3 Å². The molecule has 0 radical (unpaired) electrons. The molecule has 2 aromatic carbocycles. The van der Waals surface area contributed by atoms with E-state index in [9.17, 15) is 9.59 Å². The third-order valence-corrected chi connectivity index (χ3v) is 5.11. The van der Waals surface area contributed by atoms with Crippen molar-refractivity contribution >= 4 is 35.7 Å². The van der Waals surface area contributed by atoms with Crippen molar-refractivity contribution in [3.63, 3.8) is 0 Å². The SMILES string of the molecule is CCOC(=O)c1cc(NC(=O)c2ccc(C(C)(C)C)cc2)ccc1N1CCOCC1.Cl. The molecule has 0 spiro atoms. The lowest BCUT2D eigenvalue weighted by atomic mass is 9.87. The summed E-state index contributed by atoms with van der Waals surface area (Å²) in [6.45, 7) is 11.1. The van der Waals surface area contributed by atoms with E-state index >= 15 is 0 Å². The van der Waals surface area contributed by atoms with E-state index in [2.05, 4.69) is 31.0 Å². The van der Waals surface area contributed by atoms with Gasteiger partial charge in [0.05, 0.1) is 31.1 Å². The number of carbonyl (C=O) groups excluding carboxylic acids is 2. The van der Waals surface area contributed by atoms with Gasteiger partial charge in [0.2, 0.25) is 0 Å². The Kier molecular flexibility index (Phi) is 8.48. The molecule has 2 aromatic rings. The van der Waals surface area contributed by atoms with Gasteiger partial charge < -0.3 is 19.7 Å². The minimum absolute atomic E-state index is 0. The number of hydrogen-bond donors (Lipinski definition) is 1. The van der Waals surface area contributed by atoms with Gasteiger partial charge in [0.15, 0.2) is 0 Å². The lowest BCUT2D eigenvalue weighted by Gasteiger charge is -2.30. The van der Waals surface area contributed by atoms with E-state index in [0.717, 1.165) is 5.69 Å². The van der Waals surface area contributed by atoms with Crippen molar-refractivity contribution in [2.75, 3.05) is 43.1 Å². The number of esters is 1. The molecular weight excluding hydrogens is 416 g/mol. The summed E-state index contributed by atoms with van der Waals surface area (Å²) in [7, 11) is 0. The van der Waals surface area contributed by atoms with Crippen molar-refractivity contribution in [1.29, 1.82) is 0 Å². The zero-order chi connectivity index (χ0) is 21.7. The van der Waals surface area contributed by atoms with Crippen LogP contribution in [0.5, 0.6) is 0 Å². The summed E-state index contributed by atoms with van der Waals surface area (Å²) in [6.07, 6.45) is 0. The first-order chi connectivity index (χ1) is 14.3. The highest BCUT2D eigenvalue weighted by Gasteiger charge is 2.21. The summed E-state index contributed by atoms with van der Waals surface area (Å²) in [5.41, 5.74) is 3.55. The summed E-state index contributed by atoms with van der Waals surface area (Å²) < 4.78 is 10.6. The van der Waals surface area contributed by atoms with Gasteiger partial charge in [0.1, 0.15) is 0 Å². The average Bonchev–Trinajstić information content (AvgIpc) is 2.74. The van der Waals surface area contributed by atoms with Crippen LogP contribution in [0.25, 0.3) is 0 Å². The second kappa shape index (κ2) is 10.6. The summed E-state index contributed by atoms with van der Waals surface area (Å²) in [6, 6.07) is 12.9. The first-order valence-electron chi connectivity index (χ1n) is 10.4. The van der Waals surface area contributed by atoms with Crippen LogP contribution in [0.2, 0.25) is 0 Å². The number of ether oxygens (including phenoxy) is 2. The van der Waals surface area contributed by atoms with E-state index < -0.39 is 5.97 Å². The number of rotatable bonds is 5. The first kappa shape index (κ1) is 24.7. The van der Waals surface area contributed by atoms with Crippen LogP contribution in [0.15, 0.2) is 42.5 Å². The van der Waals surface area contributed by atoms with Gasteiger partial charge >= 0.3 is 5.97 Å². The van der Waals surface area contributed by atoms with E-state index in [4.69, 9.17) is 9.47 Å². The number of nitrogens with one attached hydrogen (secondary N) is 1. The highest BCUT2D eigenvalue weighted by Crippen LogP contribution is 2.27. The van der Waals surface area contributed by atoms with Crippen LogP contribution in [0.1, 0.15) is 54.0 Å². The lowest BCUT2D eigenvalue weighted by molar-refractivity contribution is 0.0526. The predicted molar refractivity (Wildman–Crippen MR) is 126 cm³/mol. The number of benzene rings is 2. The molecule has 1 amide bonds. The van der Waals surface area contributed by atoms with E-state index in [1.165, 1.54) is 5.56 Å². The van der Waals surface area contributed by atoms with Crippen LogP contribution >= 0.6 is 12.4 Å². The van der Waals surface area contributed by atoms with Crippen molar-refractivity contribution < 1.29 is 19.1 Å². The van der Waals surface area contributed by atoms with Crippen molar-refractivity contribution in [1.82, 2.24) is 0 Å². The molecule has 1 saturated heterocycles.